The second kappa shape index (κ2) is 4.82. The van der Waals surface area contributed by atoms with Crippen molar-refractivity contribution in [3.63, 3.8) is 0 Å². The Morgan fingerprint density at radius 1 is 1.00 bits per heavy atom. The van der Waals surface area contributed by atoms with Gasteiger partial charge in [0.1, 0.15) is 5.78 Å². The lowest BCUT2D eigenvalue weighted by Gasteiger charge is -2.60. The quantitative estimate of drug-likeness (QED) is 0.728. The number of hydrogen-bond acceptors (Lipinski definition) is 2. The highest BCUT2D eigenvalue weighted by atomic mass is 16.3. The van der Waals surface area contributed by atoms with Crippen LogP contribution in [0.3, 0.4) is 0 Å². The van der Waals surface area contributed by atoms with Crippen LogP contribution in [0.2, 0.25) is 0 Å². The van der Waals surface area contributed by atoms with Gasteiger partial charge in [0.2, 0.25) is 0 Å². The Hall–Kier alpha value is -0.370. The maximum Gasteiger partial charge on any atom is 0.136 e. The topological polar surface area (TPSA) is 37.3 Å². The molecule has 0 saturated heterocycles. The molecule has 22 heavy (non-hydrogen) atoms. The van der Waals surface area contributed by atoms with Gasteiger partial charge in [0, 0.05) is 12.3 Å². The molecule has 0 spiro atoms. The van der Waals surface area contributed by atoms with Crippen molar-refractivity contribution >= 4 is 5.78 Å². The highest BCUT2D eigenvalue weighted by Crippen LogP contribution is 2.66. The summed E-state index contributed by atoms with van der Waals surface area (Å²) in [6.07, 6.45) is 8.68. The van der Waals surface area contributed by atoms with Gasteiger partial charge in [-0.3, -0.25) is 4.79 Å². The maximum absolute atomic E-state index is 13.0. The van der Waals surface area contributed by atoms with E-state index in [0.717, 1.165) is 31.6 Å². The Morgan fingerprint density at radius 3 is 2.45 bits per heavy atom. The number of hydrogen-bond donors (Lipinski definition) is 1. The van der Waals surface area contributed by atoms with E-state index < -0.39 is 0 Å². The minimum atomic E-state index is -0.164. The Bertz CT molecular complexity index is 486. The zero-order valence-corrected chi connectivity index (χ0v) is 14.5. The van der Waals surface area contributed by atoms with Crippen molar-refractivity contribution in [3.8, 4) is 0 Å². The van der Waals surface area contributed by atoms with Crippen LogP contribution in [-0.2, 0) is 4.79 Å². The number of Topliss-reactive ketones (excluding diaryl/α,β-unsaturated/α-hetero) is 1. The fourth-order valence-electron chi connectivity index (χ4n) is 7.17. The first-order valence-electron chi connectivity index (χ1n) is 9.57. The van der Waals surface area contributed by atoms with E-state index in [0.29, 0.717) is 40.3 Å². The summed E-state index contributed by atoms with van der Waals surface area (Å²) in [6, 6.07) is 0. The summed E-state index contributed by atoms with van der Waals surface area (Å²) in [6.45, 7) is 7.34. The van der Waals surface area contributed by atoms with Gasteiger partial charge in [-0.15, -0.1) is 0 Å². The zero-order valence-electron chi connectivity index (χ0n) is 14.5. The van der Waals surface area contributed by atoms with Crippen LogP contribution in [0.1, 0.15) is 72.1 Å². The van der Waals surface area contributed by atoms with Gasteiger partial charge in [0.05, 0.1) is 6.10 Å². The smallest absolute Gasteiger partial charge is 0.136 e. The lowest BCUT2D eigenvalue weighted by molar-refractivity contribution is -0.159. The van der Waals surface area contributed by atoms with Crippen LogP contribution in [0, 0.1) is 40.4 Å². The molecule has 8 atom stereocenters. The number of ketones is 1. The van der Waals surface area contributed by atoms with E-state index in [1.54, 1.807) is 0 Å². The highest BCUT2D eigenvalue weighted by Gasteiger charge is 2.61. The first-order valence-corrected chi connectivity index (χ1v) is 9.57. The van der Waals surface area contributed by atoms with Gasteiger partial charge < -0.3 is 5.11 Å². The molecule has 0 aromatic carbocycles. The molecule has 2 heteroatoms. The first kappa shape index (κ1) is 15.2. The van der Waals surface area contributed by atoms with Crippen molar-refractivity contribution in [2.45, 2.75) is 78.2 Å². The summed E-state index contributed by atoms with van der Waals surface area (Å²) in [5.74, 6) is 3.33. The molecule has 0 radical (unpaired) electrons. The summed E-state index contributed by atoms with van der Waals surface area (Å²) in [5, 5.41) is 10.1. The summed E-state index contributed by atoms with van der Waals surface area (Å²) >= 11 is 0. The summed E-state index contributed by atoms with van der Waals surface area (Å²) in [7, 11) is 0. The fourth-order valence-corrected chi connectivity index (χ4v) is 7.17. The van der Waals surface area contributed by atoms with Crippen molar-refractivity contribution < 1.29 is 9.90 Å². The Morgan fingerprint density at radius 2 is 1.68 bits per heavy atom. The Labute approximate surface area is 135 Å². The van der Waals surface area contributed by atoms with Crippen LogP contribution in [0.4, 0.5) is 0 Å². The number of fused-ring (bicyclic) bond motifs is 5. The standard InChI is InChI=1S/C20H32O2/c1-12-4-5-15-18-16(7-9-19(12,15)2)20(3)8-6-14(21)10-13(20)11-17(18)22/h12-16,18,21H,4-11H2,1-3H3/t12-,13?,14+,15?,16?,18?,19?,20?/m0/s1. The molecule has 0 amide bonds. The Balaban J connectivity index is 1.69. The molecule has 2 nitrogen and oxygen atoms in total. The van der Waals surface area contributed by atoms with E-state index in [4.69, 9.17) is 0 Å². The molecule has 0 aliphatic heterocycles. The Kier molecular flexibility index (Phi) is 3.32. The molecule has 0 aromatic rings. The lowest BCUT2D eigenvalue weighted by Crippen LogP contribution is -2.57. The monoisotopic (exact) mass is 304 g/mol. The molecule has 0 bridgehead atoms. The lowest BCUT2D eigenvalue weighted by atomic mass is 9.44. The third kappa shape index (κ3) is 1.85. The summed E-state index contributed by atoms with van der Waals surface area (Å²) < 4.78 is 0. The third-order valence-electron chi connectivity index (χ3n) is 8.92. The SMILES string of the molecule is C[C@H]1CCC2C3C(=O)CC4C[C@H](O)CCC4(C)C3CCC21C. The van der Waals surface area contributed by atoms with Gasteiger partial charge in [-0.2, -0.15) is 0 Å². The third-order valence-corrected chi connectivity index (χ3v) is 8.92. The molecule has 4 saturated carbocycles. The number of carbonyl (C=O) groups excluding carboxylic acids is 1. The fraction of sp³-hybridized carbons (Fsp3) is 0.950. The van der Waals surface area contributed by atoms with E-state index in [1.165, 1.54) is 25.7 Å². The van der Waals surface area contributed by atoms with Gasteiger partial charge in [-0.1, -0.05) is 20.8 Å². The van der Waals surface area contributed by atoms with Crippen molar-refractivity contribution in [2.24, 2.45) is 40.4 Å². The molecule has 124 valence electrons. The second-order valence-electron chi connectivity index (χ2n) is 9.56. The predicted octanol–water partition coefficient (Wildman–Crippen LogP) is 4.21. The molecule has 4 rings (SSSR count). The number of aliphatic hydroxyl groups is 1. The van der Waals surface area contributed by atoms with Crippen molar-refractivity contribution in [1.82, 2.24) is 0 Å². The number of carbonyl (C=O) groups is 1. The normalized spacial score (nSPS) is 57.9. The zero-order chi connectivity index (χ0) is 15.7. The van der Waals surface area contributed by atoms with Crippen LogP contribution in [0.5, 0.6) is 0 Å². The molecular weight excluding hydrogens is 272 g/mol. The van der Waals surface area contributed by atoms with Crippen LogP contribution < -0.4 is 0 Å². The van der Waals surface area contributed by atoms with Crippen LogP contribution in [-0.4, -0.2) is 17.0 Å². The molecule has 0 heterocycles. The molecule has 0 aromatic heterocycles. The van der Waals surface area contributed by atoms with Crippen LogP contribution in [0.25, 0.3) is 0 Å². The number of aliphatic hydroxyl groups excluding tert-OH is 1. The molecule has 4 aliphatic rings. The molecule has 6 unspecified atom stereocenters. The largest absolute Gasteiger partial charge is 0.393 e. The van der Waals surface area contributed by atoms with E-state index >= 15 is 0 Å². The van der Waals surface area contributed by atoms with Gasteiger partial charge in [0.15, 0.2) is 0 Å². The summed E-state index contributed by atoms with van der Waals surface area (Å²) in [4.78, 5) is 13.0. The van der Waals surface area contributed by atoms with E-state index in [9.17, 15) is 9.90 Å². The van der Waals surface area contributed by atoms with Crippen molar-refractivity contribution in [3.05, 3.63) is 0 Å². The van der Waals surface area contributed by atoms with Gasteiger partial charge in [0.25, 0.3) is 0 Å². The van der Waals surface area contributed by atoms with Gasteiger partial charge >= 0.3 is 0 Å². The van der Waals surface area contributed by atoms with Crippen LogP contribution in [0.15, 0.2) is 0 Å². The summed E-state index contributed by atoms with van der Waals surface area (Å²) in [5.41, 5.74) is 0.721. The average Bonchev–Trinajstić information content (AvgIpc) is 2.77. The number of rotatable bonds is 0. The molecule has 4 aliphatic carbocycles. The van der Waals surface area contributed by atoms with E-state index in [1.807, 2.05) is 0 Å². The maximum atomic E-state index is 13.0. The first-order chi connectivity index (χ1) is 10.4. The van der Waals surface area contributed by atoms with Crippen LogP contribution >= 0.6 is 0 Å². The minimum Gasteiger partial charge on any atom is -0.393 e. The molecule has 1 N–H and O–H groups in total. The molecular formula is C20H32O2. The predicted molar refractivity (Wildman–Crippen MR) is 87.3 cm³/mol. The minimum absolute atomic E-state index is 0.164. The van der Waals surface area contributed by atoms with Crippen molar-refractivity contribution in [1.29, 1.82) is 0 Å². The van der Waals surface area contributed by atoms with E-state index in [2.05, 4.69) is 20.8 Å². The van der Waals surface area contributed by atoms with E-state index in [-0.39, 0.29) is 6.10 Å². The highest BCUT2D eigenvalue weighted by molar-refractivity contribution is 5.83. The molecule has 4 fully saturated rings. The second-order valence-corrected chi connectivity index (χ2v) is 9.56. The average molecular weight is 304 g/mol. The van der Waals surface area contributed by atoms with Crippen molar-refractivity contribution in [2.75, 3.05) is 0 Å². The van der Waals surface area contributed by atoms with Gasteiger partial charge in [-0.25, -0.2) is 0 Å². The van der Waals surface area contributed by atoms with Gasteiger partial charge in [-0.05, 0) is 79.4 Å².